The van der Waals surface area contributed by atoms with Crippen LogP contribution in [0.2, 0.25) is 0 Å². The van der Waals surface area contributed by atoms with E-state index in [0.717, 1.165) is 56.5 Å². The molecular formula is C32H58N8. The summed E-state index contributed by atoms with van der Waals surface area (Å²) in [4.78, 5) is 24.1. The van der Waals surface area contributed by atoms with Gasteiger partial charge in [0.15, 0.2) is 0 Å². The van der Waals surface area contributed by atoms with E-state index in [1.165, 1.54) is 5.84 Å². The van der Waals surface area contributed by atoms with E-state index < -0.39 is 0 Å². The number of aliphatic imine (C=N–C) groups is 1. The molecule has 226 valence electrons. The molecule has 0 amide bonds. The molecule has 3 aromatic rings. The van der Waals surface area contributed by atoms with Crippen molar-refractivity contribution >= 4 is 5.84 Å². The molecule has 8 heteroatoms. The molecule has 0 fully saturated rings. The highest BCUT2D eigenvalue weighted by Crippen LogP contribution is 2.04. The topological polar surface area (TPSA) is 65.7 Å². The van der Waals surface area contributed by atoms with Crippen molar-refractivity contribution in [1.82, 2.24) is 34.2 Å². The third-order valence-electron chi connectivity index (χ3n) is 5.23. The summed E-state index contributed by atoms with van der Waals surface area (Å²) in [5.74, 6) is 2.26. The van der Waals surface area contributed by atoms with Crippen LogP contribution in [0.25, 0.3) is 0 Å². The molecule has 0 bridgehead atoms. The fourth-order valence-electron chi connectivity index (χ4n) is 3.43. The van der Waals surface area contributed by atoms with Crippen LogP contribution in [0.15, 0.2) is 66.2 Å². The van der Waals surface area contributed by atoms with Crippen molar-refractivity contribution in [2.45, 2.75) is 75.0 Å². The Morgan fingerprint density at radius 2 is 1.15 bits per heavy atom. The van der Waals surface area contributed by atoms with E-state index in [1.807, 2.05) is 124 Å². The lowest BCUT2D eigenvalue weighted by molar-refractivity contribution is 0.311. The largest absolute Gasteiger partial charge is 0.360 e. The molecule has 0 aromatic carbocycles. The van der Waals surface area contributed by atoms with Gasteiger partial charge >= 0.3 is 0 Å². The summed E-state index contributed by atoms with van der Waals surface area (Å²) >= 11 is 0. The van der Waals surface area contributed by atoms with Gasteiger partial charge in [0.05, 0.1) is 31.0 Å². The minimum absolute atomic E-state index is 0.845. The Balaban J connectivity index is 0. The van der Waals surface area contributed by atoms with Crippen LogP contribution in [0.3, 0.4) is 0 Å². The van der Waals surface area contributed by atoms with Crippen LogP contribution >= 0.6 is 0 Å². The molecule has 0 aliphatic carbocycles. The summed E-state index contributed by atoms with van der Waals surface area (Å²) in [5, 5.41) is 0. The number of pyridine rings is 2. The van der Waals surface area contributed by atoms with Crippen LogP contribution in [0.5, 0.6) is 0 Å². The maximum atomic E-state index is 4.48. The predicted molar refractivity (Wildman–Crippen MR) is 174 cm³/mol. The number of aromatic nitrogens is 4. The van der Waals surface area contributed by atoms with Crippen LogP contribution in [-0.4, -0.2) is 80.8 Å². The van der Waals surface area contributed by atoms with Crippen molar-refractivity contribution in [3.05, 3.63) is 78.4 Å². The quantitative estimate of drug-likeness (QED) is 0.321. The maximum absolute atomic E-state index is 4.48. The molecule has 4 rings (SSSR count). The monoisotopic (exact) mass is 554 g/mol. The predicted octanol–water partition coefficient (Wildman–Crippen LogP) is 6.41. The number of amidine groups is 1. The maximum Gasteiger partial charge on any atom is 0.122 e. The number of hydrogen-bond acceptors (Lipinski definition) is 7. The second-order valence-corrected chi connectivity index (χ2v) is 8.16. The Morgan fingerprint density at radius 3 is 1.52 bits per heavy atom. The fourth-order valence-corrected chi connectivity index (χ4v) is 3.43. The molecule has 3 aromatic heterocycles. The summed E-state index contributed by atoms with van der Waals surface area (Å²) in [6.45, 7) is 21.4. The van der Waals surface area contributed by atoms with Crippen molar-refractivity contribution in [2.24, 2.45) is 12.0 Å². The minimum Gasteiger partial charge on any atom is -0.360 e. The molecule has 0 spiro atoms. The smallest absolute Gasteiger partial charge is 0.122 e. The number of imidazole rings is 1. The molecule has 0 saturated carbocycles. The molecule has 0 N–H and O–H groups in total. The summed E-state index contributed by atoms with van der Waals surface area (Å²) < 4.78 is 2.05. The standard InChI is InChI=1S/C13H15N3.C11H19N5.4C2H6/c1-16(10-12-6-2-4-8-14-12)11-13-7-3-5-9-15-13;1-14(8-10-12-4-6-15(10)2)9-11-13-5-7-16(11)3;4*1-2/h2-9H,10-11H2,1H3;4,6H,5,7-9H2,1-3H3;4*1-2H3. The van der Waals surface area contributed by atoms with Crippen molar-refractivity contribution in [1.29, 1.82) is 0 Å². The lowest BCUT2D eigenvalue weighted by Crippen LogP contribution is -2.34. The van der Waals surface area contributed by atoms with E-state index in [-0.39, 0.29) is 0 Å². The number of nitrogens with zero attached hydrogens (tertiary/aromatic N) is 8. The Bertz CT molecular complexity index is 916. The summed E-state index contributed by atoms with van der Waals surface area (Å²) in [6.07, 6.45) is 7.46. The van der Waals surface area contributed by atoms with Gasteiger partial charge in [0.25, 0.3) is 0 Å². The zero-order chi connectivity index (χ0) is 30.8. The number of hydrogen-bond donors (Lipinski definition) is 0. The number of rotatable bonds is 8. The van der Waals surface area contributed by atoms with Crippen molar-refractivity contribution < 1.29 is 0 Å². The van der Waals surface area contributed by atoms with Gasteiger partial charge < -0.3 is 9.47 Å². The molecular weight excluding hydrogens is 496 g/mol. The highest BCUT2D eigenvalue weighted by Gasteiger charge is 2.15. The molecule has 1 aliphatic rings. The Morgan fingerprint density at radius 1 is 0.650 bits per heavy atom. The highest BCUT2D eigenvalue weighted by atomic mass is 15.3. The van der Waals surface area contributed by atoms with Crippen LogP contribution in [-0.2, 0) is 26.7 Å². The minimum atomic E-state index is 0.845. The molecule has 0 saturated heterocycles. The Hall–Kier alpha value is -3.10. The molecule has 8 nitrogen and oxygen atoms in total. The van der Waals surface area contributed by atoms with E-state index in [2.05, 4.69) is 60.4 Å². The van der Waals surface area contributed by atoms with Crippen LogP contribution in [0.4, 0.5) is 0 Å². The van der Waals surface area contributed by atoms with E-state index in [4.69, 9.17) is 0 Å². The van der Waals surface area contributed by atoms with Crippen LogP contribution < -0.4 is 0 Å². The van der Waals surface area contributed by atoms with Gasteiger partial charge in [-0.05, 0) is 38.4 Å². The second kappa shape index (κ2) is 26.1. The van der Waals surface area contributed by atoms with Crippen LogP contribution in [0.1, 0.15) is 72.6 Å². The third kappa shape index (κ3) is 16.8. The second-order valence-electron chi connectivity index (χ2n) is 8.16. The van der Waals surface area contributed by atoms with E-state index in [0.29, 0.717) is 0 Å². The third-order valence-corrected chi connectivity index (χ3v) is 5.23. The van der Waals surface area contributed by atoms with Gasteiger partial charge in [-0.25, -0.2) is 4.98 Å². The first kappa shape index (κ1) is 39.0. The van der Waals surface area contributed by atoms with Crippen molar-refractivity contribution in [3.8, 4) is 0 Å². The highest BCUT2D eigenvalue weighted by molar-refractivity contribution is 5.85. The van der Waals surface area contributed by atoms with Gasteiger partial charge in [0.1, 0.15) is 11.7 Å². The van der Waals surface area contributed by atoms with Crippen LogP contribution in [0, 0.1) is 0 Å². The molecule has 4 heterocycles. The number of aryl methyl sites for hydroxylation is 1. The average Bonchev–Trinajstić information content (AvgIpc) is 3.61. The molecule has 0 radical (unpaired) electrons. The average molecular weight is 555 g/mol. The Kier molecular flexibility index (Phi) is 25.5. The summed E-state index contributed by atoms with van der Waals surface area (Å²) in [6, 6.07) is 12.0. The molecule has 0 unspecified atom stereocenters. The first-order chi connectivity index (χ1) is 19.5. The van der Waals surface area contributed by atoms with Gasteiger partial charge in [-0.1, -0.05) is 67.5 Å². The normalized spacial score (nSPS) is 11.2. The van der Waals surface area contributed by atoms with E-state index >= 15 is 0 Å². The zero-order valence-electron chi connectivity index (χ0n) is 27.6. The van der Waals surface area contributed by atoms with Gasteiger partial charge in [0, 0.05) is 58.5 Å². The lowest BCUT2D eigenvalue weighted by Gasteiger charge is -2.20. The Labute approximate surface area is 246 Å². The van der Waals surface area contributed by atoms with Gasteiger partial charge in [-0.3, -0.25) is 24.8 Å². The van der Waals surface area contributed by atoms with Gasteiger partial charge in [-0.15, -0.1) is 0 Å². The molecule has 0 atom stereocenters. The lowest BCUT2D eigenvalue weighted by atomic mass is 10.3. The summed E-state index contributed by atoms with van der Waals surface area (Å²) in [5.41, 5.74) is 2.17. The van der Waals surface area contributed by atoms with Crippen molar-refractivity contribution in [2.75, 3.05) is 40.8 Å². The van der Waals surface area contributed by atoms with Gasteiger partial charge in [-0.2, -0.15) is 0 Å². The molecule has 1 aliphatic heterocycles. The zero-order valence-corrected chi connectivity index (χ0v) is 27.6. The van der Waals surface area contributed by atoms with Gasteiger partial charge in [0.2, 0.25) is 0 Å². The first-order valence-electron chi connectivity index (χ1n) is 14.9. The fraction of sp³-hybridized carbons (Fsp3) is 0.562. The molecule has 40 heavy (non-hydrogen) atoms. The summed E-state index contributed by atoms with van der Waals surface area (Å²) in [7, 11) is 8.29. The number of likely N-dealkylation sites (N-methyl/N-ethyl adjacent to an activating group) is 2. The van der Waals surface area contributed by atoms with E-state index in [9.17, 15) is 0 Å². The SMILES string of the molecule is CC.CC.CC.CC.CN(CC1=NCCN1C)Cc1nccn1C.CN(Cc1ccccn1)Cc1ccccn1. The van der Waals surface area contributed by atoms with E-state index in [1.54, 1.807) is 0 Å². The van der Waals surface area contributed by atoms with Crippen molar-refractivity contribution in [3.63, 3.8) is 0 Å². The first-order valence-corrected chi connectivity index (χ1v) is 14.9.